The van der Waals surface area contributed by atoms with Crippen LogP contribution < -0.4 is 16.2 Å². The molecule has 3 heterocycles. The van der Waals surface area contributed by atoms with E-state index in [1.807, 2.05) is 0 Å². The van der Waals surface area contributed by atoms with Crippen LogP contribution in [0.25, 0.3) is 5.82 Å². The van der Waals surface area contributed by atoms with Crippen LogP contribution in [0.15, 0.2) is 74.8 Å². The molecule has 0 aromatic carbocycles. The van der Waals surface area contributed by atoms with Crippen molar-refractivity contribution in [3.05, 3.63) is 76.1 Å². The van der Waals surface area contributed by atoms with Gasteiger partial charge >= 0.3 is 6.09 Å². The SMILES string of the molecule is C=NN1C(N(C)C(=O)OC(C)(C)C)=CC(Nc2cccn(-c3ncccc3F)c2=O)=N/C1=C(/C)C(=O)N[C@@H]1CC[C@H]1OC. The number of rotatable bonds is 7. The van der Waals surface area contributed by atoms with E-state index >= 15 is 0 Å². The van der Waals surface area contributed by atoms with Gasteiger partial charge in [-0.1, -0.05) is 0 Å². The van der Waals surface area contributed by atoms with Gasteiger partial charge in [-0.15, -0.1) is 0 Å². The van der Waals surface area contributed by atoms with E-state index in [9.17, 15) is 18.8 Å². The highest BCUT2D eigenvalue weighted by atomic mass is 19.1. The molecule has 0 spiro atoms. The number of nitrogens with one attached hydrogen (secondary N) is 2. The molecule has 2 aromatic heterocycles. The third-order valence-corrected chi connectivity index (χ3v) is 6.75. The second-order valence-corrected chi connectivity index (χ2v) is 10.9. The van der Waals surface area contributed by atoms with Gasteiger partial charge in [0, 0.05) is 39.3 Å². The van der Waals surface area contributed by atoms with E-state index in [1.165, 1.54) is 59.7 Å². The molecule has 13 nitrogen and oxygen atoms in total. The number of hydrogen-bond acceptors (Lipinski definition) is 10. The summed E-state index contributed by atoms with van der Waals surface area (Å²) in [6, 6.07) is 5.47. The van der Waals surface area contributed by atoms with Gasteiger partial charge < -0.3 is 20.1 Å². The normalized spacial score (nSPS) is 19.4. The molecular formula is C29H35FN8O5. The fraction of sp³-hybridized carbons (Fsp3) is 0.379. The number of pyridine rings is 2. The lowest BCUT2D eigenvalue weighted by molar-refractivity contribution is -0.120. The first-order valence-electron chi connectivity index (χ1n) is 13.5. The number of amidine groups is 1. The first kappa shape index (κ1) is 31.1. The summed E-state index contributed by atoms with van der Waals surface area (Å²) in [5.41, 5.74) is -1.22. The molecule has 1 aliphatic heterocycles. The Morgan fingerprint density at radius 2 is 1.98 bits per heavy atom. The Morgan fingerprint density at radius 3 is 2.58 bits per heavy atom. The molecule has 2 aliphatic rings. The first-order chi connectivity index (χ1) is 20.3. The van der Waals surface area contributed by atoms with Gasteiger partial charge in [-0.05, 0) is 64.8 Å². The zero-order valence-electron chi connectivity index (χ0n) is 24.9. The Balaban J connectivity index is 1.77. The van der Waals surface area contributed by atoms with Crippen LogP contribution in [0.1, 0.15) is 40.5 Å². The van der Waals surface area contributed by atoms with Gasteiger partial charge in [-0.2, -0.15) is 10.1 Å². The van der Waals surface area contributed by atoms with Gasteiger partial charge in [0.2, 0.25) is 0 Å². The number of carbonyl (C=O) groups excluding carboxylic acids is 2. The molecule has 0 unspecified atom stereocenters. The minimum Gasteiger partial charge on any atom is -0.443 e. The number of anilines is 1. The third-order valence-electron chi connectivity index (χ3n) is 6.75. The summed E-state index contributed by atoms with van der Waals surface area (Å²) in [6.07, 6.45) is 4.98. The van der Waals surface area contributed by atoms with E-state index in [0.717, 1.165) is 17.4 Å². The van der Waals surface area contributed by atoms with Crippen molar-refractivity contribution in [2.24, 2.45) is 10.1 Å². The minimum absolute atomic E-state index is 0.0284. The molecule has 2 amide bonds. The molecule has 4 rings (SSSR count). The summed E-state index contributed by atoms with van der Waals surface area (Å²) >= 11 is 0. The van der Waals surface area contributed by atoms with E-state index < -0.39 is 29.0 Å². The number of carbonyl (C=O) groups is 2. The summed E-state index contributed by atoms with van der Waals surface area (Å²) in [7, 11) is 3.05. The van der Waals surface area contributed by atoms with Gasteiger partial charge in [0.1, 0.15) is 22.9 Å². The van der Waals surface area contributed by atoms with Crippen molar-refractivity contribution in [2.45, 2.75) is 58.3 Å². The number of aliphatic imine (C=N–C) groups is 1. The molecule has 43 heavy (non-hydrogen) atoms. The van der Waals surface area contributed by atoms with Crippen molar-refractivity contribution in [1.82, 2.24) is 24.8 Å². The minimum atomic E-state index is -0.798. The zero-order chi connectivity index (χ0) is 31.5. The molecule has 1 aliphatic carbocycles. The van der Waals surface area contributed by atoms with E-state index in [-0.39, 0.29) is 46.7 Å². The van der Waals surface area contributed by atoms with Gasteiger partial charge in [0.15, 0.2) is 17.5 Å². The molecule has 228 valence electrons. The average molecular weight is 595 g/mol. The van der Waals surface area contributed by atoms with Gasteiger partial charge in [-0.25, -0.2) is 19.2 Å². The first-order valence-corrected chi connectivity index (χ1v) is 13.5. The molecular weight excluding hydrogens is 559 g/mol. The number of ether oxygens (including phenoxy) is 2. The molecule has 0 radical (unpaired) electrons. The molecule has 1 saturated carbocycles. The number of halogens is 1. The number of hydrazone groups is 1. The molecule has 2 atom stereocenters. The molecule has 2 N–H and O–H groups in total. The number of nitrogens with zero attached hydrogens (tertiary/aromatic N) is 6. The van der Waals surface area contributed by atoms with Crippen molar-refractivity contribution in [1.29, 1.82) is 0 Å². The number of hydrogen-bond donors (Lipinski definition) is 2. The van der Waals surface area contributed by atoms with Gasteiger partial charge in [0.05, 0.1) is 17.7 Å². The summed E-state index contributed by atoms with van der Waals surface area (Å²) in [5, 5.41) is 11.1. The summed E-state index contributed by atoms with van der Waals surface area (Å²) in [5.74, 6) is -1.02. The standard InChI is InChI=1S/C29H35FN8O5/c1-17(26(39)34-19-12-13-21(19)42-7)24-35-22(16-23(38(24)31-5)36(6)28(41)43-29(2,3)4)33-20-11-9-15-37(27(20)40)25-18(30)10-8-14-32-25/h8-11,14-16,19,21H,5,12-13H2,1-4,6-7H3,(H,33,35)(H,34,39)/b24-17+/t19-,21-/m1/s1. The quantitative estimate of drug-likeness (QED) is 0.367. The highest BCUT2D eigenvalue weighted by Gasteiger charge is 2.35. The Hall–Kier alpha value is -4.85. The van der Waals surface area contributed by atoms with Crippen LogP contribution in [-0.2, 0) is 14.3 Å². The van der Waals surface area contributed by atoms with Crippen LogP contribution in [0.2, 0.25) is 0 Å². The van der Waals surface area contributed by atoms with Crippen molar-refractivity contribution in [3.63, 3.8) is 0 Å². The second-order valence-electron chi connectivity index (χ2n) is 10.9. The molecule has 1 fully saturated rings. The predicted octanol–water partition coefficient (Wildman–Crippen LogP) is 3.35. The van der Waals surface area contributed by atoms with Crippen LogP contribution in [0, 0.1) is 5.82 Å². The van der Waals surface area contributed by atoms with Crippen LogP contribution in [0.3, 0.4) is 0 Å². The highest BCUT2D eigenvalue weighted by molar-refractivity contribution is 6.06. The number of methoxy groups -OCH3 is 1. The molecule has 0 saturated heterocycles. The Kier molecular flexibility index (Phi) is 9.09. The van der Waals surface area contributed by atoms with Crippen molar-refractivity contribution in [2.75, 3.05) is 19.5 Å². The molecule has 14 heteroatoms. The van der Waals surface area contributed by atoms with E-state index in [1.54, 1.807) is 34.8 Å². The smallest absolute Gasteiger partial charge is 0.415 e. The average Bonchev–Trinajstić information content (AvgIpc) is 2.94. The molecule has 0 bridgehead atoms. The highest BCUT2D eigenvalue weighted by Crippen LogP contribution is 2.28. The van der Waals surface area contributed by atoms with Crippen molar-refractivity contribution >= 4 is 30.2 Å². The summed E-state index contributed by atoms with van der Waals surface area (Å²) in [6.45, 7) is 10.4. The maximum Gasteiger partial charge on any atom is 0.415 e. The monoisotopic (exact) mass is 594 g/mol. The third kappa shape index (κ3) is 6.80. The van der Waals surface area contributed by atoms with E-state index in [4.69, 9.17) is 9.47 Å². The summed E-state index contributed by atoms with van der Waals surface area (Å²) < 4.78 is 26.4. The van der Waals surface area contributed by atoms with Gasteiger partial charge in [0.25, 0.3) is 11.5 Å². The maximum absolute atomic E-state index is 14.4. The lowest BCUT2D eigenvalue weighted by atomic mass is 9.89. The van der Waals surface area contributed by atoms with Crippen LogP contribution >= 0.6 is 0 Å². The largest absolute Gasteiger partial charge is 0.443 e. The number of aromatic nitrogens is 2. The fourth-order valence-corrected chi connectivity index (χ4v) is 4.34. The van der Waals surface area contributed by atoms with Crippen LogP contribution in [0.5, 0.6) is 0 Å². The van der Waals surface area contributed by atoms with E-state index in [0.29, 0.717) is 0 Å². The fourth-order valence-electron chi connectivity index (χ4n) is 4.34. The van der Waals surface area contributed by atoms with Crippen LogP contribution in [0.4, 0.5) is 14.9 Å². The van der Waals surface area contributed by atoms with Crippen molar-refractivity contribution < 1.29 is 23.5 Å². The predicted molar refractivity (Wildman–Crippen MR) is 159 cm³/mol. The Labute approximate surface area is 248 Å². The van der Waals surface area contributed by atoms with Crippen LogP contribution in [-0.4, -0.2) is 75.9 Å². The number of amides is 2. The second kappa shape index (κ2) is 12.6. The van der Waals surface area contributed by atoms with Crippen molar-refractivity contribution in [3.8, 4) is 5.82 Å². The van der Waals surface area contributed by atoms with Gasteiger partial charge in [-0.3, -0.25) is 19.1 Å². The molecule has 2 aromatic rings. The zero-order valence-corrected chi connectivity index (χ0v) is 24.9. The Morgan fingerprint density at radius 1 is 1.23 bits per heavy atom. The summed E-state index contributed by atoms with van der Waals surface area (Å²) in [4.78, 5) is 49.4. The topological polar surface area (TPSA) is 143 Å². The lowest BCUT2D eigenvalue weighted by Crippen LogP contribution is -2.51. The van der Waals surface area contributed by atoms with E-state index in [2.05, 4.69) is 32.4 Å². The maximum atomic E-state index is 14.4. The lowest BCUT2D eigenvalue weighted by Gasteiger charge is -2.36. The Bertz CT molecular complexity index is 1570.